The Labute approximate surface area is 142 Å². The molecule has 25 heavy (non-hydrogen) atoms. The van der Waals surface area contributed by atoms with Gasteiger partial charge in [-0.2, -0.15) is 5.10 Å². The van der Waals surface area contributed by atoms with Crippen molar-refractivity contribution in [3.8, 4) is 5.88 Å². The third-order valence-corrected chi connectivity index (χ3v) is 3.55. The summed E-state index contributed by atoms with van der Waals surface area (Å²) < 4.78 is 1.08. The van der Waals surface area contributed by atoms with Gasteiger partial charge in [0.2, 0.25) is 5.88 Å². The second kappa shape index (κ2) is 7.31. The third-order valence-electron chi connectivity index (χ3n) is 3.55. The first-order valence-corrected chi connectivity index (χ1v) is 7.59. The molecule has 1 aromatic heterocycles. The Kier molecular flexibility index (Phi) is 4.75. The quantitative estimate of drug-likeness (QED) is 0.488. The van der Waals surface area contributed by atoms with Crippen molar-refractivity contribution in [1.29, 1.82) is 0 Å². The van der Waals surface area contributed by atoms with Crippen molar-refractivity contribution in [2.75, 3.05) is 5.43 Å². The number of H-pyrrole nitrogens is 1. The molecule has 0 saturated carbocycles. The summed E-state index contributed by atoms with van der Waals surface area (Å²) in [6.07, 6.45) is 1.18. The maximum absolute atomic E-state index is 12.0. The molecule has 7 nitrogen and oxygen atoms in total. The second-order valence-corrected chi connectivity index (χ2v) is 5.30. The van der Waals surface area contributed by atoms with E-state index < -0.39 is 17.1 Å². The molecule has 0 amide bonds. The number of aromatic amines is 1. The van der Waals surface area contributed by atoms with Gasteiger partial charge in [-0.1, -0.05) is 48.5 Å². The Morgan fingerprint density at radius 3 is 2.36 bits per heavy atom. The van der Waals surface area contributed by atoms with Crippen LogP contribution in [0.15, 0.2) is 75.4 Å². The first kappa shape index (κ1) is 16.3. The molecule has 0 atom stereocenters. The van der Waals surface area contributed by atoms with Crippen molar-refractivity contribution in [2.24, 2.45) is 5.10 Å². The zero-order chi connectivity index (χ0) is 17.6. The van der Waals surface area contributed by atoms with Gasteiger partial charge in [-0.3, -0.25) is 19.8 Å². The van der Waals surface area contributed by atoms with E-state index in [0.717, 1.165) is 15.8 Å². The molecule has 3 N–H and O–H groups in total. The minimum atomic E-state index is -0.703. The van der Waals surface area contributed by atoms with Crippen molar-refractivity contribution in [1.82, 2.24) is 9.55 Å². The number of nitrogens with one attached hydrogen (secondary N) is 2. The van der Waals surface area contributed by atoms with Gasteiger partial charge in [0.1, 0.15) is 5.56 Å². The van der Waals surface area contributed by atoms with Crippen LogP contribution in [-0.4, -0.2) is 20.9 Å². The molecule has 0 aliphatic heterocycles. The number of nitrogens with zero attached hydrogens (tertiary/aromatic N) is 2. The fraction of sp³-hybridized carbons (Fsp3) is 0.0556. The zero-order valence-corrected chi connectivity index (χ0v) is 13.2. The van der Waals surface area contributed by atoms with Crippen molar-refractivity contribution >= 4 is 11.9 Å². The van der Waals surface area contributed by atoms with E-state index >= 15 is 0 Å². The number of anilines is 1. The van der Waals surface area contributed by atoms with Crippen LogP contribution < -0.4 is 16.7 Å². The predicted molar refractivity (Wildman–Crippen MR) is 96.2 cm³/mol. The lowest BCUT2D eigenvalue weighted by molar-refractivity contribution is 0.408. The summed E-state index contributed by atoms with van der Waals surface area (Å²) in [5, 5.41) is 14.3. The maximum Gasteiger partial charge on any atom is 0.331 e. The van der Waals surface area contributed by atoms with Crippen molar-refractivity contribution in [3.05, 3.63) is 92.6 Å². The Bertz CT molecular complexity index is 992. The summed E-state index contributed by atoms with van der Waals surface area (Å²) >= 11 is 0. The lowest BCUT2D eigenvalue weighted by atomic mass is 10.2. The number of hydrazone groups is 1. The lowest BCUT2D eigenvalue weighted by Crippen LogP contribution is -2.32. The van der Waals surface area contributed by atoms with E-state index in [-0.39, 0.29) is 12.1 Å². The van der Waals surface area contributed by atoms with Crippen LogP contribution in [0.2, 0.25) is 0 Å². The van der Waals surface area contributed by atoms with Crippen LogP contribution in [0.25, 0.3) is 0 Å². The van der Waals surface area contributed by atoms with Crippen LogP contribution in [0.3, 0.4) is 0 Å². The fourth-order valence-corrected chi connectivity index (χ4v) is 2.29. The number of hydrogen-bond donors (Lipinski definition) is 3. The molecule has 0 bridgehead atoms. The fourth-order valence-electron chi connectivity index (χ4n) is 2.29. The Morgan fingerprint density at radius 1 is 1.04 bits per heavy atom. The molecule has 126 valence electrons. The van der Waals surface area contributed by atoms with Gasteiger partial charge in [-0.05, 0) is 17.7 Å². The number of aromatic nitrogens is 2. The Morgan fingerprint density at radius 2 is 1.68 bits per heavy atom. The summed E-state index contributed by atoms with van der Waals surface area (Å²) in [4.78, 5) is 26.1. The number of hydrogen-bond acceptors (Lipinski definition) is 5. The van der Waals surface area contributed by atoms with Gasteiger partial charge in [0.25, 0.3) is 5.56 Å². The SMILES string of the molecule is O=c1[nH]c(=O)n(Cc2ccccc2)c(O)c1C=NNc1ccccc1. The summed E-state index contributed by atoms with van der Waals surface area (Å²) in [7, 11) is 0. The molecule has 0 aliphatic rings. The number of para-hydroxylation sites is 1. The molecule has 0 spiro atoms. The monoisotopic (exact) mass is 336 g/mol. The van der Waals surface area contributed by atoms with Gasteiger partial charge >= 0.3 is 5.69 Å². The molecule has 0 unspecified atom stereocenters. The Hall–Kier alpha value is -3.61. The van der Waals surface area contributed by atoms with Gasteiger partial charge in [-0.15, -0.1) is 0 Å². The van der Waals surface area contributed by atoms with Gasteiger partial charge in [0, 0.05) is 0 Å². The normalized spacial score (nSPS) is 10.9. The van der Waals surface area contributed by atoms with E-state index in [2.05, 4.69) is 15.5 Å². The summed E-state index contributed by atoms with van der Waals surface area (Å²) in [6.45, 7) is 0.134. The van der Waals surface area contributed by atoms with E-state index in [1.165, 1.54) is 6.21 Å². The molecular weight excluding hydrogens is 320 g/mol. The standard InChI is InChI=1S/C18H16N4O3/c23-16-15(11-19-21-14-9-5-2-6-10-14)17(24)22(18(25)20-16)12-13-7-3-1-4-8-13/h1-11,21,24H,12H2,(H,20,23,25). The minimum Gasteiger partial charge on any atom is -0.494 e. The highest BCUT2D eigenvalue weighted by atomic mass is 16.3. The van der Waals surface area contributed by atoms with Crippen LogP contribution in [0.1, 0.15) is 11.1 Å². The van der Waals surface area contributed by atoms with Gasteiger partial charge < -0.3 is 5.11 Å². The first-order valence-electron chi connectivity index (χ1n) is 7.59. The highest BCUT2D eigenvalue weighted by molar-refractivity contribution is 5.82. The Balaban J connectivity index is 1.90. The molecule has 7 heteroatoms. The smallest absolute Gasteiger partial charge is 0.331 e. The highest BCUT2D eigenvalue weighted by Gasteiger charge is 2.12. The molecule has 1 heterocycles. The molecule has 0 fully saturated rings. The molecule has 0 radical (unpaired) electrons. The van der Waals surface area contributed by atoms with Crippen molar-refractivity contribution in [3.63, 3.8) is 0 Å². The van der Waals surface area contributed by atoms with Crippen molar-refractivity contribution < 1.29 is 5.11 Å². The average Bonchev–Trinajstić information content (AvgIpc) is 2.63. The van der Waals surface area contributed by atoms with Gasteiger partial charge in [0.05, 0.1) is 18.4 Å². The predicted octanol–water partition coefficient (Wildman–Crippen LogP) is 1.74. The van der Waals surface area contributed by atoms with E-state index in [1.807, 2.05) is 48.5 Å². The first-order chi connectivity index (χ1) is 12.1. The molecule has 2 aromatic carbocycles. The minimum absolute atomic E-state index is 0.0982. The maximum atomic E-state index is 12.0. The highest BCUT2D eigenvalue weighted by Crippen LogP contribution is 2.11. The number of rotatable bonds is 5. The summed E-state index contributed by atoms with van der Waals surface area (Å²) in [5.74, 6) is -0.434. The van der Waals surface area contributed by atoms with E-state index in [4.69, 9.17) is 0 Å². The lowest BCUT2D eigenvalue weighted by Gasteiger charge is -2.09. The summed E-state index contributed by atoms with van der Waals surface area (Å²) in [6, 6.07) is 18.3. The molecule has 3 aromatic rings. The van der Waals surface area contributed by atoms with Crippen LogP contribution in [-0.2, 0) is 6.54 Å². The van der Waals surface area contributed by atoms with Crippen LogP contribution in [0.4, 0.5) is 5.69 Å². The van der Waals surface area contributed by atoms with Gasteiger partial charge in [0.15, 0.2) is 0 Å². The van der Waals surface area contributed by atoms with Gasteiger partial charge in [-0.25, -0.2) is 4.79 Å². The molecular formula is C18H16N4O3. The van der Waals surface area contributed by atoms with E-state index in [0.29, 0.717) is 0 Å². The topological polar surface area (TPSA) is 99.5 Å². The second-order valence-electron chi connectivity index (χ2n) is 5.30. The molecule has 0 aliphatic carbocycles. The zero-order valence-electron chi connectivity index (χ0n) is 13.2. The summed E-state index contributed by atoms with van der Waals surface area (Å²) in [5.41, 5.74) is 2.81. The number of aromatic hydroxyl groups is 1. The van der Waals surface area contributed by atoms with E-state index in [1.54, 1.807) is 12.1 Å². The average molecular weight is 336 g/mol. The third kappa shape index (κ3) is 3.84. The van der Waals surface area contributed by atoms with Crippen molar-refractivity contribution in [2.45, 2.75) is 6.54 Å². The van der Waals surface area contributed by atoms with Crippen LogP contribution in [0.5, 0.6) is 5.88 Å². The molecule has 0 saturated heterocycles. The largest absolute Gasteiger partial charge is 0.494 e. The van der Waals surface area contributed by atoms with E-state index in [9.17, 15) is 14.7 Å². The number of benzene rings is 2. The van der Waals surface area contributed by atoms with Crippen LogP contribution >= 0.6 is 0 Å². The van der Waals surface area contributed by atoms with Crippen LogP contribution in [0, 0.1) is 0 Å². The molecule has 3 rings (SSSR count).